The number of phenolic OH excluding ortho intramolecular Hbond substituents is 2. The van der Waals surface area contributed by atoms with Crippen molar-refractivity contribution in [2.24, 2.45) is 0 Å². The van der Waals surface area contributed by atoms with Gasteiger partial charge in [-0.1, -0.05) is 6.07 Å². The van der Waals surface area contributed by atoms with Gasteiger partial charge in [0.05, 0.1) is 0 Å². The maximum Gasteiger partial charge on any atom is 0.265 e. The van der Waals surface area contributed by atoms with Crippen molar-refractivity contribution in [2.75, 3.05) is 0 Å². The molecule has 7 nitrogen and oxygen atoms in total. The number of amides is 2. The second-order valence-corrected chi connectivity index (χ2v) is 3.79. The summed E-state index contributed by atoms with van der Waals surface area (Å²) < 4.78 is 0. The Hall–Kier alpha value is -2.54. The summed E-state index contributed by atoms with van der Waals surface area (Å²) in [5, 5.41) is 29.0. The fourth-order valence-corrected chi connectivity index (χ4v) is 1.24. The lowest BCUT2D eigenvalue weighted by Crippen LogP contribution is -2.43. The van der Waals surface area contributed by atoms with Gasteiger partial charge in [-0.25, -0.2) is 5.48 Å². The average Bonchev–Trinajstić information content (AvgIpc) is 2.39. The Bertz CT molecular complexity index is 513. The smallest absolute Gasteiger partial charge is 0.265 e. The van der Waals surface area contributed by atoms with Crippen LogP contribution in [0.5, 0.6) is 11.5 Å². The zero-order valence-corrected chi connectivity index (χ0v) is 10.1. The van der Waals surface area contributed by atoms with E-state index < -0.39 is 17.9 Å². The number of aromatic hydroxyl groups is 2. The first-order valence-electron chi connectivity index (χ1n) is 5.38. The van der Waals surface area contributed by atoms with E-state index in [4.69, 9.17) is 10.3 Å². The van der Waals surface area contributed by atoms with E-state index in [1.54, 1.807) is 0 Å². The summed E-state index contributed by atoms with van der Waals surface area (Å²) in [7, 11) is 0. The van der Waals surface area contributed by atoms with Crippen LogP contribution in [-0.2, 0) is 9.59 Å². The predicted octanol–water partition coefficient (Wildman–Crippen LogP) is 0.121. The fraction of sp³-hybridized carbons (Fsp3) is 0.167. The third-order valence-corrected chi connectivity index (χ3v) is 2.29. The van der Waals surface area contributed by atoms with Crippen LogP contribution in [0.1, 0.15) is 12.5 Å². The predicted molar refractivity (Wildman–Crippen MR) is 66.3 cm³/mol. The minimum atomic E-state index is -0.879. The van der Waals surface area contributed by atoms with Gasteiger partial charge in [0.25, 0.3) is 5.91 Å². The summed E-state index contributed by atoms with van der Waals surface area (Å²) in [6.45, 7) is 1.41. The van der Waals surface area contributed by atoms with E-state index in [1.165, 1.54) is 36.7 Å². The minimum Gasteiger partial charge on any atom is -0.504 e. The van der Waals surface area contributed by atoms with Crippen LogP contribution in [0.25, 0.3) is 6.08 Å². The Morgan fingerprint density at radius 1 is 1.26 bits per heavy atom. The maximum atomic E-state index is 11.4. The number of carbonyl (C=O) groups excluding carboxylic acids is 2. The molecular weight excluding hydrogens is 252 g/mol. The lowest BCUT2D eigenvalue weighted by molar-refractivity contribution is -0.133. The van der Waals surface area contributed by atoms with E-state index in [-0.39, 0.29) is 11.5 Å². The summed E-state index contributed by atoms with van der Waals surface area (Å²) in [6, 6.07) is 3.19. The number of benzene rings is 1. The molecule has 7 heteroatoms. The van der Waals surface area contributed by atoms with Crippen LogP contribution in [0.2, 0.25) is 0 Å². The quantitative estimate of drug-likeness (QED) is 0.229. The Labute approximate surface area is 109 Å². The van der Waals surface area contributed by atoms with Crippen molar-refractivity contribution in [3.8, 4) is 11.5 Å². The molecule has 0 unspecified atom stereocenters. The van der Waals surface area contributed by atoms with Crippen molar-refractivity contribution >= 4 is 17.9 Å². The molecular formula is C12H14N2O5. The van der Waals surface area contributed by atoms with Crippen molar-refractivity contribution in [2.45, 2.75) is 13.0 Å². The average molecular weight is 266 g/mol. The molecule has 0 bridgehead atoms. The molecule has 0 aromatic heterocycles. The SMILES string of the molecule is C[C@H](NC(=O)/C=C/c1ccc(O)c(O)c1)C(=O)NO. The van der Waals surface area contributed by atoms with Crippen LogP contribution in [0.4, 0.5) is 0 Å². The summed E-state index contributed by atoms with van der Waals surface area (Å²) in [6.07, 6.45) is 2.56. The molecule has 1 aromatic carbocycles. The first kappa shape index (κ1) is 14.5. The van der Waals surface area contributed by atoms with Crippen LogP contribution in [0, 0.1) is 0 Å². The van der Waals surface area contributed by atoms with E-state index in [0.29, 0.717) is 5.56 Å². The van der Waals surface area contributed by atoms with Gasteiger partial charge in [-0.2, -0.15) is 0 Å². The van der Waals surface area contributed by atoms with E-state index in [9.17, 15) is 14.7 Å². The highest BCUT2D eigenvalue weighted by atomic mass is 16.5. The second kappa shape index (κ2) is 6.41. The third-order valence-electron chi connectivity index (χ3n) is 2.29. The van der Waals surface area contributed by atoms with Gasteiger partial charge in [0, 0.05) is 6.08 Å². The van der Waals surface area contributed by atoms with E-state index in [0.717, 1.165) is 6.08 Å². The fourth-order valence-electron chi connectivity index (χ4n) is 1.24. The Morgan fingerprint density at radius 2 is 1.95 bits per heavy atom. The first-order chi connectivity index (χ1) is 8.93. The molecule has 1 atom stereocenters. The van der Waals surface area contributed by atoms with Crippen LogP contribution >= 0.6 is 0 Å². The minimum absolute atomic E-state index is 0.255. The third kappa shape index (κ3) is 4.32. The summed E-state index contributed by atoms with van der Waals surface area (Å²) >= 11 is 0. The Kier molecular flexibility index (Phi) is 4.90. The largest absolute Gasteiger partial charge is 0.504 e. The lowest BCUT2D eigenvalue weighted by Gasteiger charge is -2.09. The van der Waals surface area contributed by atoms with Crippen LogP contribution in [0.3, 0.4) is 0 Å². The van der Waals surface area contributed by atoms with Crippen molar-refractivity contribution in [3.63, 3.8) is 0 Å². The molecule has 0 radical (unpaired) electrons. The number of hydroxylamine groups is 1. The van der Waals surface area contributed by atoms with Gasteiger partial charge in [-0.15, -0.1) is 0 Å². The van der Waals surface area contributed by atoms with Crippen molar-refractivity contribution in [3.05, 3.63) is 29.8 Å². The molecule has 2 amide bonds. The van der Waals surface area contributed by atoms with Crippen LogP contribution < -0.4 is 10.8 Å². The molecule has 0 aliphatic heterocycles. The molecule has 0 saturated carbocycles. The second-order valence-electron chi connectivity index (χ2n) is 3.79. The number of carbonyl (C=O) groups is 2. The number of nitrogens with one attached hydrogen (secondary N) is 2. The Morgan fingerprint density at radius 3 is 2.53 bits per heavy atom. The number of hydrogen-bond donors (Lipinski definition) is 5. The van der Waals surface area contributed by atoms with Gasteiger partial charge in [0.1, 0.15) is 6.04 Å². The zero-order chi connectivity index (χ0) is 14.4. The van der Waals surface area contributed by atoms with Gasteiger partial charge in [-0.05, 0) is 30.7 Å². The van der Waals surface area contributed by atoms with Gasteiger partial charge in [0.2, 0.25) is 5.91 Å². The molecule has 0 aliphatic rings. The van der Waals surface area contributed by atoms with Crippen LogP contribution in [0.15, 0.2) is 24.3 Å². The molecule has 0 aliphatic carbocycles. The summed E-state index contributed by atoms with van der Waals surface area (Å²) in [4.78, 5) is 22.4. The maximum absolute atomic E-state index is 11.4. The van der Waals surface area contributed by atoms with Crippen molar-refractivity contribution < 1.29 is 25.0 Å². The van der Waals surface area contributed by atoms with Gasteiger partial charge in [-0.3, -0.25) is 14.8 Å². The highest BCUT2D eigenvalue weighted by Gasteiger charge is 2.12. The molecule has 1 rings (SSSR count). The van der Waals surface area contributed by atoms with E-state index in [2.05, 4.69) is 5.32 Å². The lowest BCUT2D eigenvalue weighted by atomic mass is 10.2. The summed E-state index contributed by atoms with van der Waals surface area (Å²) in [5.74, 6) is -1.82. The number of phenols is 2. The standard InChI is InChI=1S/C12H14N2O5/c1-7(12(18)14-19)13-11(17)5-3-8-2-4-9(15)10(16)6-8/h2-7,15-16,19H,1H3,(H,13,17)(H,14,18)/b5-3+/t7-/m0/s1. The topological polar surface area (TPSA) is 119 Å². The van der Waals surface area contributed by atoms with Crippen LogP contribution in [-0.4, -0.2) is 33.3 Å². The molecule has 0 saturated heterocycles. The first-order valence-corrected chi connectivity index (χ1v) is 5.38. The van der Waals surface area contributed by atoms with Crippen molar-refractivity contribution in [1.82, 2.24) is 10.8 Å². The zero-order valence-electron chi connectivity index (χ0n) is 10.1. The van der Waals surface area contributed by atoms with Gasteiger partial charge < -0.3 is 15.5 Å². The van der Waals surface area contributed by atoms with E-state index >= 15 is 0 Å². The molecule has 19 heavy (non-hydrogen) atoms. The molecule has 102 valence electrons. The molecule has 0 fully saturated rings. The van der Waals surface area contributed by atoms with Crippen molar-refractivity contribution in [1.29, 1.82) is 0 Å². The molecule has 0 spiro atoms. The molecule has 0 heterocycles. The number of hydrogen-bond acceptors (Lipinski definition) is 5. The highest BCUT2D eigenvalue weighted by molar-refractivity contribution is 5.95. The van der Waals surface area contributed by atoms with Gasteiger partial charge >= 0.3 is 0 Å². The molecule has 5 N–H and O–H groups in total. The highest BCUT2D eigenvalue weighted by Crippen LogP contribution is 2.25. The Balaban J connectivity index is 2.63. The normalized spacial score (nSPS) is 12.1. The molecule has 1 aromatic rings. The van der Waals surface area contributed by atoms with E-state index in [1.807, 2.05) is 0 Å². The summed E-state index contributed by atoms with van der Waals surface area (Å²) in [5.41, 5.74) is 1.92. The van der Waals surface area contributed by atoms with Gasteiger partial charge in [0.15, 0.2) is 11.5 Å². The number of rotatable bonds is 4. The monoisotopic (exact) mass is 266 g/mol.